The summed E-state index contributed by atoms with van der Waals surface area (Å²) in [6.07, 6.45) is 5.89. The SMILES string of the molecule is CC(C(=O)O)=C1CCC2CC[C@@H](C)C(C)(C)[C@H]2C1. The number of allylic oxidation sites excluding steroid dienone is 1. The van der Waals surface area contributed by atoms with Crippen molar-refractivity contribution >= 4 is 5.97 Å². The van der Waals surface area contributed by atoms with Crippen LogP contribution in [0.5, 0.6) is 0 Å². The van der Waals surface area contributed by atoms with Crippen LogP contribution in [0.4, 0.5) is 0 Å². The van der Waals surface area contributed by atoms with Crippen LogP contribution in [-0.2, 0) is 4.79 Å². The molecule has 2 saturated carbocycles. The lowest BCUT2D eigenvalue weighted by molar-refractivity contribution is -0.132. The highest BCUT2D eigenvalue weighted by molar-refractivity contribution is 5.86. The van der Waals surface area contributed by atoms with Gasteiger partial charge in [-0.15, -0.1) is 0 Å². The average Bonchev–Trinajstić information content (AvgIpc) is 2.33. The lowest BCUT2D eigenvalue weighted by Gasteiger charge is -2.51. The third kappa shape index (κ3) is 2.22. The predicted octanol–water partition coefficient (Wildman–Crippen LogP) is 4.26. The van der Waals surface area contributed by atoms with Crippen molar-refractivity contribution in [2.45, 2.75) is 59.8 Å². The van der Waals surface area contributed by atoms with Crippen LogP contribution in [0.3, 0.4) is 0 Å². The van der Waals surface area contributed by atoms with Crippen molar-refractivity contribution in [3.63, 3.8) is 0 Å². The Hall–Kier alpha value is -0.790. The molecular weight excluding hydrogens is 224 g/mol. The molecule has 0 aromatic carbocycles. The fourth-order valence-electron chi connectivity index (χ4n) is 4.00. The Kier molecular flexibility index (Phi) is 3.57. The maximum absolute atomic E-state index is 11.1. The molecule has 0 amide bonds. The second kappa shape index (κ2) is 4.71. The minimum atomic E-state index is -0.731. The van der Waals surface area contributed by atoms with E-state index in [1.807, 2.05) is 0 Å². The first-order valence-electron chi connectivity index (χ1n) is 7.26. The third-order valence-electron chi connectivity index (χ3n) is 5.90. The molecule has 18 heavy (non-hydrogen) atoms. The molecule has 2 aliphatic carbocycles. The van der Waals surface area contributed by atoms with Crippen LogP contribution in [0.2, 0.25) is 0 Å². The highest BCUT2D eigenvalue weighted by Crippen LogP contribution is 2.54. The zero-order chi connectivity index (χ0) is 13.5. The van der Waals surface area contributed by atoms with Crippen molar-refractivity contribution in [1.82, 2.24) is 0 Å². The molecule has 0 aromatic heterocycles. The average molecular weight is 250 g/mol. The summed E-state index contributed by atoms with van der Waals surface area (Å²) in [5.41, 5.74) is 2.15. The van der Waals surface area contributed by atoms with E-state index in [2.05, 4.69) is 20.8 Å². The second-order valence-electron chi connectivity index (χ2n) is 6.94. The fourth-order valence-corrected chi connectivity index (χ4v) is 4.00. The number of hydrogen-bond donors (Lipinski definition) is 1. The van der Waals surface area contributed by atoms with Gasteiger partial charge in [-0.1, -0.05) is 26.3 Å². The van der Waals surface area contributed by atoms with Gasteiger partial charge in [0.2, 0.25) is 0 Å². The van der Waals surface area contributed by atoms with Gasteiger partial charge in [-0.2, -0.15) is 0 Å². The molecule has 0 bridgehead atoms. The van der Waals surface area contributed by atoms with Gasteiger partial charge in [0.15, 0.2) is 0 Å². The molecule has 1 N–H and O–H groups in total. The van der Waals surface area contributed by atoms with Crippen molar-refractivity contribution in [1.29, 1.82) is 0 Å². The maximum atomic E-state index is 11.1. The number of aliphatic carboxylic acids is 1. The van der Waals surface area contributed by atoms with Crippen LogP contribution < -0.4 is 0 Å². The van der Waals surface area contributed by atoms with E-state index < -0.39 is 5.97 Å². The number of carboxylic acid groups (broad SMARTS) is 1. The number of fused-ring (bicyclic) bond motifs is 1. The Labute approximate surface area is 110 Å². The van der Waals surface area contributed by atoms with Crippen LogP contribution in [0.15, 0.2) is 11.1 Å². The van der Waals surface area contributed by atoms with E-state index in [0.717, 1.165) is 24.7 Å². The zero-order valence-corrected chi connectivity index (χ0v) is 12.1. The van der Waals surface area contributed by atoms with Gasteiger partial charge in [0.1, 0.15) is 0 Å². The lowest BCUT2D eigenvalue weighted by Crippen LogP contribution is -2.42. The Morgan fingerprint density at radius 1 is 1.28 bits per heavy atom. The third-order valence-corrected chi connectivity index (χ3v) is 5.90. The summed E-state index contributed by atoms with van der Waals surface area (Å²) in [6.45, 7) is 8.90. The highest BCUT2D eigenvalue weighted by atomic mass is 16.4. The van der Waals surface area contributed by atoms with Crippen LogP contribution in [0, 0.1) is 23.2 Å². The molecule has 0 aliphatic heterocycles. The summed E-state index contributed by atoms with van der Waals surface area (Å²) >= 11 is 0. The molecule has 0 spiro atoms. The van der Waals surface area contributed by atoms with Crippen molar-refractivity contribution in [2.75, 3.05) is 0 Å². The molecule has 2 nitrogen and oxygen atoms in total. The van der Waals surface area contributed by atoms with Gasteiger partial charge in [-0.3, -0.25) is 0 Å². The normalized spacial score (nSPS) is 37.9. The van der Waals surface area contributed by atoms with Crippen molar-refractivity contribution < 1.29 is 9.90 Å². The monoisotopic (exact) mass is 250 g/mol. The Balaban J connectivity index is 2.25. The molecule has 2 rings (SSSR count). The fraction of sp³-hybridized carbons (Fsp3) is 0.812. The summed E-state index contributed by atoms with van der Waals surface area (Å²) in [6, 6.07) is 0. The van der Waals surface area contributed by atoms with Crippen LogP contribution >= 0.6 is 0 Å². The first kappa shape index (κ1) is 13.6. The van der Waals surface area contributed by atoms with E-state index in [1.165, 1.54) is 24.8 Å². The van der Waals surface area contributed by atoms with Crippen molar-refractivity contribution in [2.24, 2.45) is 23.2 Å². The summed E-state index contributed by atoms with van der Waals surface area (Å²) < 4.78 is 0. The van der Waals surface area contributed by atoms with Gasteiger partial charge in [0.25, 0.3) is 0 Å². The van der Waals surface area contributed by atoms with Crippen LogP contribution in [0.25, 0.3) is 0 Å². The quantitative estimate of drug-likeness (QED) is 0.706. The first-order chi connectivity index (χ1) is 8.34. The van der Waals surface area contributed by atoms with E-state index in [4.69, 9.17) is 5.11 Å². The standard InChI is InChI=1S/C16H26O2/c1-10-5-6-12-7-8-13(11(2)15(17)18)9-14(12)16(10,3)4/h10,12,14H,5-9H2,1-4H3,(H,17,18)/t10-,12?,14+/m1/s1. The number of carboxylic acids is 1. The lowest BCUT2D eigenvalue weighted by atomic mass is 9.54. The topological polar surface area (TPSA) is 37.3 Å². The van der Waals surface area contributed by atoms with Gasteiger partial charge >= 0.3 is 5.97 Å². The predicted molar refractivity (Wildman–Crippen MR) is 73.3 cm³/mol. The Bertz CT molecular complexity index is 379. The highest BCUT2D eigenvalue weighted by Gasteiger charge is 2.45. The van der Waals surface area contributed by atoms with Gasteiger partial charge in [-0.25, -0.2) is 4.79 Å². The molecule has 102 valence electrons. The number of hydrogen-bond acceptors (Lipinski definition) is 1. The van der Waals surface area contributed by atoms with Gasteiger partial charge < -0.3 is 5.11 Å². The molecule has 0 saturated heterocycles. The van der Waals surface area contributed by atoms with Gasteiger partial charge in [-0.05, 0) is 62.2 Å². The molecule has 1 unspecified atom stereocenters. The zero-order valence-electron chi connectivity index (χ0n) is 12.1. The van der Waals surface area contributed by atoms with Gasteiger partial charge in [0.05, 0.1) is 0 Å². The maximum Gasteiger partial charge on any atom is 0.331 e. The molecule has 2 fully saturated rings. The summed E-state index contributed by atoms with van der Waals surface area (Å²) in [4.78, 5) is 11.1. The van der Waals surface area contributed by atoms with E-state index in [-0.39, 0.29) is 0 Å². The largest absolute Gasteiger partial charge is 0.478 e. The summed E-state index contributed by atoms with van der Waals surface area (Å²) in [7, 11) is 0. The number of rotatable bonds is 1. The Morgan fingerprint density at radius 2 is 1.94 bits per heavy atom. The molecular formula is C16H26O2. The molecule has 0 radical (unpaired) electrons. The molecule has 0 aromatic rings. The molecule has 3 atom stereocenters. The van der Waals surface area contributed by atoms with E-state index in [0.29, 0.717) is 16.9 Å². The smallest absolute Gasteiger partial charge is 0.331 e. The van der Waals surface area contributed by atoms with E-state index in [9.17, 15) is 4.79 Å². The van der Waals surface area contributed by atoms with Crippen LogP contribution in [0.1, 0.15) is 59.8 Å². The summed E-state index contributed by atoms with van der Waals surface area (Å²) in [5.74, 6) is 1.52. The second-order valence-corrected chi connectivity index (χ2v) is 6.94. The van der Waals surface area contributed by atoms with E-state index >= 15 is 0 Å². The van der Waals surface area contributed by atoms with Gasteiger partial charge in [0, 0.05) is 5.57 Å². The van der Waals surface area contributed by atoms with Crippen LogP contribution in [-0.4, -0.2) is 11.1 Å². The van der Waals surface area contributed by atoms with Crippen molar-refractivity contribution in [3.05, 3.63) is 11.1 Å². The first-order valence-corrected chi connectivity index (χ1v) is 7.26. The number of carbonyl (C=O) groups is 1. The minimum absolute atomic E-state index is 0.355. The van der Waals surface area contributed by atoms with Crippen molar-refractivity contribution in [3.8, 4) is 0 Å². The molecule has 0 heterocycles. The Morgan fingerprint density at radius 3 is 2.56 bits per heavy atom. The molecule has 2 aliphatic rings. The minimum Gasteiger partial charge on any atom is -0.478 e. The molecule has 2 heteroatoms. The van der Waals surface area contributed by atoms with E-state index in [1.54, 1.807) is 6.92 Å². The summed E-state index contributed by atoms with van der Waals surface area (Å²) in [5, 5.41) is 9.15.